The van der Waals surface area contributed by atoms with Crippen molar-refractivity contribution < 1.29 is 41.4 Å². The van der Waals surface area contributed by atoms with Gasteiger partial charge in [-0.1, -0.05) is 12.1 Å². The Labute approximate surface area is 286 Å². The van der Waals surface area contributed by atoms with E-state index in [0.717, 1.165) is 5.56 Å². The number of aryl methyl sites for hydroxylation is 1. The average molecular weight is 718 g/mol. The number of anilines is 4. The number of benzene rings is 2. The monoisotopic (exact) mass is 717 g/mol. The molecule has 0 saturated heterocycles. The number of hydrogen-bond acceptors (Lipinski definition) is 10. The lowest BCUT2D eigenvalue weighted by molar-refractivity contribution is -0.143. The molecule has 4 N–H and O–H groups in total. The molecular formula is C34H39F3N5O7P. The number of halogens is 3. The Morgan fingerprint density at radius 3 is 2.36 bits per heavy atom. The predicted octanol–water partition coefficient (Wildman–Crippen LogP) is 8.27. The minimum atomic E-state index is -4.84. The van der Waals surface area contributed by atoms with Crippen LogP contribution < -0.4 is 20.8 Å². The third-order valence-electron chi connectivity index (χ3n) is 8.66. The molecule has 5 rings (SSSR count). The molecule has 12 nitrogen and oxygen atoms in total. The van der Waals surface area contributed by atoms with E-state index in [9.17, 15) is 32.4 Å². The minimum absolute atomic E-state index is 0.0227. The zero-order valence-electron chi connectivity index (χ0n) is 28.0. The first-order chi connectivity index (χ1) is 23.8. The number of carboxylic acids is 1. The van der Waals surface area contributed by atoms with Crippen molar-refractivity contribution in [3.05, 3.63) is 75.2 Å². The van der Waals surface area contributed by atoms with E-state index in [0.29, 0.717) is 54.2 Å². The fourth-order valence-corrected chi connectivity index (χ4v) is 7.91. The van der Waals surface area contributed by atoms with Crippen molar-refractivity contribution in [2.45, 2.75) is 64.7 Å². The van der Waals surface area contributed by atoms with E-state index < -0.39 is 37.0 Å². The van der Waals surface area contributed by atoms with Gasteiger partial charge in [-0.2, -0.15) is 18.2 Å². The Morgan fingerprint density at radius 2 is 1.74 bits per heavy atom. The number of aromatic nitrogens is 3. The summed E-state index contributed by atoms with van der Waals surface area (Å²) in [7, 11) is -2.01. The largest absolute Gasteiger partial charge is 0.495 e. The number of alkyl halides is 3. The third-order valence-corrected chi connectivity index (χ3v) is 10.7. The molecule has 16 heteroatoms. The van der Waals surface area contributed by atoms with Gasteiger partial charge < -0.3 is 34.5 Å². The molecule has 0 radical (unpaired) electrons. The van der Waals surface area contributed by atoms with E-state index in [2.05, 4.69) is 25.6 Å². The summed E-state index contributed by atoms with van der Waals surface area (Å²) in [6.07, 6.45) is -0.503. The fourth-order valence-electron chi connectivity index (χ4n) is 6.22. The summed E-state index contributed by atoms with van der Waals surface area (Å²) in [4.78, 5) is 36.2. The quantitative estimate of drug-likeness (QED) is 0.0984. The highest BCUT2D eigenvalue weighted by Gasteiger charge is 2.36. The van der Waals surface area contributed by atoms with E-state index in [1.807, 2.05) is 0 Å². The minimum Gasteiger partial charge on any atom is -0.495 e. The van der Waals surface area contributed by atoms with Crippen molar-refractivity contribution in [3.8, 4) is 5.75 Å². The fraction of sp³-hybridized carbons (Fsp3) is 0.412. The van der Waals surface area contributed by atoms with Crippen LogP contribution in [0.5, 0.6) is 5.75 Å². The molecule has 1 saturated carbocycles. The molecule has 0 bridgehead atoms. The Morgan fingerprint density at radius 1 is 1.06 bits per heavy atom. The predicted molar refractivity (Wildman–Crippen MR) is 183 cm³/mol. The highest BCUT2D eigenvalue weighted by molar-refractivity contribution is 7.53. The number of hydrogen-bond donors (Lipinski definition) is 4. The molecule has 0 atom stereocenters. The third kappa shape index (κ3) is 8.11. The van der Waals surface area contributed by atoms with Crippen molar-refractivity contribution >= 4 is 47.6 Å². The Kier molecular flexibility index (Phi) is 11.2. The van der Waals surface area contributed by atoms with E-state index >= 15 is 0 Å². The zero-order chi connectivity index (χ0) is 36.2. The molecule has 0 aliphatic heterocycles. The highest BCUT2D eigenvalue weighted by atomic mass is 31.2. The van der Waals surface area contributed by atoms with Gasteiger partial charge in [0, 0.05) is 18.0 Å². The SMILES string of the molecule is CCOP(=O)(Cc1ccc(Nc2ncc(C(F)(F)F)c(Nc3ccc([C@H]4CC[C@@H](C(=O)O)CC4)c4[nH]cc(C)c(=O)c34)n2)c(OC)c1)OCC. The molecule has 4 aromatic rings. The number of nitrogens with zero attached hydrogens (tertiary/aromatic N) is 2. The van der Waals surface area contributed by atoms with Crippen LogP contribution in [0, 0.1) is 12.8 Å². The van der Waals surface area contributed by atoms with E-state index in [1.54, 1.807) is 57.3 Å². The van der Waals surface area contributed by atoms with Gasteiger partial charge in [0.25, 0.3) is 0 Å². The zero-order valence-corrected chi connectivity index (χ0v) is 28.9. The van der Waals surface area contributed by atoms with Crippen LogP contribution in [0.25, 0.3) is 10.9 Å². The molecule has 2 aromatic heterocycles. The molecule has 2 heterocycles. The smallest absolute Gasteiger partial charge is 0.421 e. The van der Waals surface area contributed by atoms with Gasteiger partial charge in [-0.25, -0.2) is 4.98 Å². The number of aliphatic carboxylic acids is 1. The number of methoxy groups -OCH3 is 1. The summed E-state index contributed by atoms with van der Waals surface area (Å²) >= 11 is 0. The molecule has 268 valence electrons. The second-order valence-corrected chi connectivity index (χ2v) is 14.0. The normalized spacial score (nSPS) is 16.7. The van der Waals surface area contributed by atoms with Gasteiger partial charge in [-0.15, -0.1) is 0 Å². The number of nitrogens with one attached hydrogen (secondary N) is 3. The first-order valence-electron chi connectivity index (χ1n) is 16.2. The van der Waals surface area contributed by atoms with Crippen LogP contribution in [0.3, 0.4) is 0 Å². The number of carbonyl (C=O) groups is 1. The summed E-state index contributed by atoms with van der Waals surface area (Å²) in [5, 5.41) is 15.2. The summed E-state index contributed by atoms with van der Waals surface area (Å²) in [5.74, 6) is -1.80. The highest BCUT2D eigenvalue weighted by Crippen LogP contribution is 2.52. The first kappa shape index (κ1) is 36.8. The van der Waals surface area contributed by atoms with Crippen LogP contribution in [-0.2, 0) is 30.7 Å². The lowest BCUT2D eigenvalue weighted by atomic mass is 9.78. The molecule has 0 spiro atoms. The van der Waals surface area contributed by atoms with Crippen LogP contribution in [0.1, 0.15) is 67.7 Å². The van der Waals surface area contributed by atoms with Crippen molar-refractivity contribution in [3.63, 3.8) is 0 Å². The molecule has 0 amide bonds. The summed E-state index contributed by atoms with van der Waals surface area (Å²) in [6, 6.07) is 8.14. The second kappa shape index (κ2) is 15.2. The number of rotatable bonds is 13. The van der Waals surface area contributed by atoms with Gasteiger partial charge in [0.2, 0.25) is 5.95 Å². The number of pyridine rings is 1. The Hall–Kier alpha value is -4.46. The maximum Gasteiger partial charge on any atom is 0.421 e. The Balaban J connectivity index is 1.49. The average Bonchev–Trinajstić information content (AvgIpc) is 3.07. The van der Waals surface area contributed by atoms with Crippen LogP contribution in [0.4, 0.5) is 36.3 Å². The van der Waals surface area contributed by atoms with Crippen molar-refractivity contribution in [2.75, 3.05) is 31.0 Å². The molecule has 1 aliphatic carbocycles. The number of H-pyrrole nitrogens is 1. The molecule has 0 unspecified atom stereocenters. The summed E-state index contributed by atoms with van der Waals surface area (Å²) in [5.41, 5.74) is 1.12. The second-order valence-electron chi connectivity index (χ2n) is 12.0. The van der Waals surface area contributed by atoms with Crippen LogP contribution >= 0.6 is 7.60 Å². The number of aromatic amines is 1. The topological polar surface area (TPSA) is 165 Å². The van der Waals surface area contributed by atoms with Gasteiger partial charge >= 0.3 is 19.7 Å². The molecule has 1 aliphatic rings. The maximum atomic E-state index is 14.3. The molecule has 2 aromatic carbocycles. The summed E-state index contributed by atoms with van der Waals surface area (Å²) in [6.45, 7) is 5.41. The van der Waals surface area contributed by atoms with Crippen LogP contribution in [-0.4, -0.2) is 46.4 Å². The van der Waals surface area contributed by atoms with E-state index in [4.69, 9.17) is 13.8 Å². The number of fused-ring (bicyclic) bond motifs is 1. The van der Waals surface area contributed by atoms with Gasteiger partial charge in [-0.3, -0.25) is 14.2 Å². The standard InChI is InChI=1S/C34H39F3N5O7P/c1-5-48-50(46,49-6-2)18-20-7-13-25(27(15-20)47-4)41-33-39-17-24(34(35,36)37)31(42-33)40-26-14-12-23(21-8-10-22(11-9-21)32(44)45)29-28(26)30(43)19(3)16-38-29/h7,12-17,21-22H,5-6,8-11,18H2,1-4H3,(H,38,43)(H,44,45)(H2,39,40,41,42)/t21-,22+. The van der Waals surface area contributed by atoms with Crippen molar-refractivity contribution in [2.24, 2.45) is 5.92 Å². The van der Waals surface area contributed by atoms with Crippen molar-refractivity contribution in [1.82, 2.24) is 15.0 Å². The number of ether oxygens (including phenoxy) is 1. The molecule has 1 fully saturated rings. The van der Waals surface area contributed by atoms with Gasteiger partial charge in [-0.05, 0) is 81.7 Å². The summed E-state index contributed by atoms with van der Waals surface area (Å²) < 4.78 is 72.1. The van der Waals surface area contributed by atoms with Crippen molar-refractivity contribution in [1.29, 1.82) is 0 Å². The first-order valence-corrected chi connectivity index (χ1v) is 17.9. The number of carboxylic acid groups (broad SMARTS) is 1. The lowest BCUT2D eigenvalue weighted by Gasteiger charge is -2.27. The molecular weight excluding hydrogens is 678 g/mol. The van der Waals surface area contributed by atoms with Gasteiger partial charge in [0.05, 0.1) is 54.7 Å². The van der Waals surface area contributed by atoms with Gasteiger partial charge in [0.1, 0.15) is 17.1 Å². The van der Waals surface area contributed by atoms with Crippen LogP contribution in [0.15, 0.2) is 47.5 Å². The Bertz CT molecular complexity index is 1970. The lowest BCUT2D eigenvalue weighted by Crippen LogP contribution is -2.21. The van der Waals surface area contributed by atoms with E-state index in [-0.39, 0.29) is 53.5 Å². The van der Waals surface area contributed by atoms with Crippen LogP contribution in [0.2, 0.25) is 0 Å². The van der Waals surface area contributed by atoms with E-state index in [1.165, 1.54) is 7.11 Å². The molecule has 50 heavy (non-hydrogen) atoms. The maximum absolute atomic E-state index is 14.3. The van der Waals surface area contributed by atoms with Gasteiger partial charge in [0.15, 0.2) is 5.43 Å².